The van der Waals surface area contributed by atoms with Gasteiger partial charge in [0.05, 0.1) is 13.2 Å². The zero-order valence-corrected chi connectivity index (χ0v) is 8.18. The highest BCUT2D eigenvalue weighted by molar-refractivity contribution is 6.10. The number of ether oxygens (including phenoxy) is 1. The molecule has 2 heterocycles. The van der Waals surface area contributed by atoms with Crippen molar-refractivity contribution >= 4 is 11.6 Å². The molecule has 0 bridgehead atoms. The standard InChI is InChI=1S/C11H11NO3/c13-10-3-5-15-7-9(10)11(14)8-2-1-4-12-6-8/h1-2,4,6,9H,3,5,7H2. The second-order valence-corrected chi connectivity index (χ2v) is 3.45. The maximum Gasteiger partial charge on any atom is 0.177 e. The Morgan fingerprint density at radius 1 is 1.53 bits per heavy atom. The first-order chi connectivity index (χ1) is 7.29. The van der Waals surface area contributed by atoms with Crippen molar-refractivity contribution in [3.8, 4) is 0 Å². The average Bonchev–Trinajstić information content (AvgIpc) is 2.30. The minimum absolute atomic E-state index is 0.0323. The lowest BCUT2D eigenvalue weighted by Crippen LogP contribution is -2.33. The maximum absolute atomic E-state index is 11.9. The van der Waals surface area contributed by atoms with Crippen LogP contribution in [0.5, 0.6) is 0 Å². The molecule has 1 fully saturated rings. The molecule has 1 atom stereocenters. The fourth-order valence-electron chi connectivity index (χ4n) is 1.57. The SMILES string of the molecule is O=C1CCOCC1C(=O)c1cccnc1. The summed E-state index contributed by atoms with van der Waals surface area (Å²) < 4.78 is 5.13. The van der Waals surface area contributed by atoms with E-state index in [9.17, 15) is 9.59 Å². The summed E-state index contributed by atoms with van der Waals surface area (Å²) in [7, 11) is 0. The Balaban J connectivity index is 2.17. The van der Waals surface area contributed by atoms with Gasteiger partial charge in [-0.1, -0.05) is 0 Å². The van der Waals surface area contributed by atoms with E-state index >= 15 is 0 Å². The van der Waals surface area contributed by atoms with Gasteiger partial charge >= 0.3 is 0 Å². The monoisotopic (exact) mass is 205 g/mol. The van der Waals surface area contributed by atoms with E-state index in [2.05, 4.69) is 4.98 Å². The number of aromatic nitrogens is 1. The first kappa shape index (κ1) is 9.98. The summed E-state index contributed by atoms with van der Waals surface area (Å²) in [5, 5.41) is 0. The molecule has 4 heteroatoms. The Morgan fingerprint density at radius 3 is 3.07 bits per heavy atom. The molecule has 0 radical (unpaired) electrons. The molecule has 0 aromatic carbocycles. The van der Waals surface area contributed by atoms with E-state index in [0.29, 0.717) is 18.6 Å². The van der Waals surface area contributed by atoms with Crippen LogP contribution in [0.2, 0.25) is 0 Å². The number of ketones is 2. The van der Waals surface area contributed by atoms with E-state index in [4.69, 9.17) is 4.74 Å². The van der Waals surface area contributed by atoms with Crippen LogP contribution in [0.4, 0.5) is 0 Å². The molecular weight excluding hydrogens is 194 g/mol. The van der Waals surface area contributed by atoms with Gasteiger partial charge in [-0.25, -0.2) is 0 Å². The lowest BCUT2D eigenvalue weighted by atomic mass is 9.92. The molecule has 0 saturated carbocycles. The molecule has 0 aliphatic carbocycles. The third kappa shape index (κ3) is 2.10. The minimum Gasteiger partial charge on any atom is -0.380 e. The lowest BCUT2D eigenvalue weighted by Gasteiger charge is -2.19. The van der Waals surface area contributed by atoms with Crippen LogP contribution < -0.4 is 0 Å². The van der Waals surface area contributed by atoms with Crippen molar-refractivity contribution in [3.05, 3.63) is 30.1 Å². The van der Waals surface area contributed by atoms with Crippen molar-refractivity contribution in [1.82, 2.24) is 4.98 Å². The van der Waals surface area contributed by atoms with Crippen LogP contribution >= 0.6 is 0 Å². The zero-order valence-electron chi connectivity index (χ0n) is 8.18. The van der Waals surface area contributed by atoms with Crippen molar-refractivity contribution in [1.29, 1.82) is 0 Å². The Hall–Kier alpha value is -1.55. The van der Waals surface area contributed by atoms with E-state index in [1.807, 2.05) is 0 Å². The summed E-state index contributed by atoms with van der Waals surface area (Å²) in [5.41, 5.74) is 0.473. The zero-order chi connectivity index (χ0) is 10.7. The molecule has 1 aromatic rings. The summed E-state index contributed by atoms with van der Waals surface area (Å²) in [6.45, 7) is 0.627. The fourth-order valence-corrected chi connectivity index (χ4v) is 1.57. The largest absolute Gasteiger partial charge is 0.380 e. The van der Waals surface area contributed by atoms with Crippen molar-refractivity contribution in [2.24, 2.45) is 5.92 Å². The van der Waals surface area contributed by atoms with Gasteiger partial charge in [-0.05, 0) is 12.1 Å². The normalized spacial score (nSPS) is 21.3. The Bertz CT molecular complexity index is 375. The first-order valence-corrected chi connectivity index (χ1v) is 4.84. The van der Waals surface area contributed by atoms with Gasteiger partial charge in [0.25, 0.3) is 0 Å². The van der Waals surface area contributed by atoms with E-state index in [0.717, 1.165) is 0 Å². The van der Waals surface area contributed by atoms with Gasteiger partial charge in [0.15, 0.2) is 5.78 Å². The number of rotatable bonds is 2. The molecule has 1 aromatic heterocycles. The predicted molar refractivity (Wildman–Crippen MR) is 52.5 cm³/mol. The molecule has 1 aliphatic rings. The van der Waals surface area contributed by atoms with Crippen LogP contribution in [0.15, 0.2) is 24.5 Å². The van der Waals surface area contributed by atoms with Crippen molar-refractivity contribution < 1.29 is 14.3 Å². The van der Waals surface area contributed by atoms with Crippen LogP contribution in [0.25, 0.3) is 0 Å². The molecule has 2 rings (SSSR count). The summed E-state index contributed by atoms with van der Waals surface area (Å²) in [6.07, 6.45) is 3.40. The first-order valence-electron chi connectivity index (χ1n) is 4.84. The van der Waals surface area contributed by atoms with E-state index in [1.54, 1.807) is 18.3 Å². The van der Waals surface area contributed by atoms with E-state index < -0.39 is 5.92 Å². The van der Waals surface area contributed by atoms with Gasteiger partial charge in [-0.15, -0.1) is 0 Å². The van der Waals surface area contributed by atoms with Gasteiger partial charge in [0.1, 0.15) is 11.7 Å². The van der Waals surface area contributed by atoms with E-state index in [-0.39, 0.29) is 18.2 Å². The van der Waals surface area contributed by atoms with Gasteiger partial charge < -0.3 is 4.74 Å². The highest BCUT2D eigenvalue weighted by Gasteiger charge is 2.30. The molecule has 15 heavy (non-hydrogen) atoms. The molecule has 1 saturated heterocycles. The third-order valence-corrected chi connectivity index (χ3v) is 2.43. The van der Waals surface area contributed by atoms with Gasteiger partial charge in [-0.3, -0.25) is 14.6 Å². The summed E-state index contributed by atoms with van der Waals surface area (Å²) in [4.78, 5) is 27.2. The smallest absolute Gasteiger partial charge is 0.177 e. The lowest BCUT2D eigenvalue weighted by molar-refractivity contribution is -0.128. The molecule has 1 unspecified atom stereocenters. The van der Waals surface area contributed by atoms with Crippen molar-refractivity contribution in [2.45, 2.75) is 6.42 Å². The fraction of sp³-hybridized carbons (Fsp3) is 0.364. The van der Waals surface area contributed by atoms with Crippen LogP contribution in [0.1, 0.15) is 16.8 Å². The third-order valence-electron chi connectivity index (χ3n) is 2.43. The number of hydrogen-bond acceptors (Lipinski definition) is 4. The Kier molecular flexibility index (Phi) is 2.87. The second-order valence-electron chi connectivity index (χ2n) is 3.45. The number of carbonyl (C=O) groups is 2. The highest BCUT2D eigenvalue weighted by atomic mass is 16.5. The molecule has 78 valence electrons. The number of hydrogen-bond donors (Lipinski definition) is 0. The molecule has 1 aliphatic heterocycles. The van der Waals surface area contributed by atoms with Crippen LogP contribution in [0.3, 0.4) is 0 Å². The number of pyridine rings is 1. The molecule has 4 nitrogen and oxygen atoms in total. The average molecular weight is 205 g/mol. The van der Waals surface area contributed by atoms with Gasteiger partial charge in [0, 0.05) is 24.4 Å². The Morgan fingerprint density at radius 2 is 2.40 bits per heavy atom. The number of carbonyl (C=O) groups excluding carboxylic acids is 2. The number of Topliss-reactive ketones (excluding diaryl/α,β-unsaturated/α-hetero) is 2. The highest BCUT2D eigenvalue weighted by Crippen LogP contribution is 2.15. The molecule has 0 spiro atoms. The molecular formula is C11H11NO3. The summed E-state index contributed by atoms with van der Waals surface area (Å²) >= 11 is 0. The Labute approximate surface area is 87.3 Å². The summed E-state index contributed by atoms with van der Waals surface area (Å²) in [6, 6.07) is 3.35. The second kappa shape index (κ2) is 4.31. The topological polar surface area (TPSA) is 56.3 Å². The van der Waals surface area contributed by atoms with Crippen LogP contribution in [-0.4, -0.2) is 29.8 Å². The van der Waals surface area contributed by atoms with Crippen molar-refractivity contribution in [2.75, 3.05) is 13.2 Å². The maximum atomic E-state index is 11.9. The predicted octanol–water partition coefficient (Wildman–Crippen LogP) is 0.870. The summed E-state index contributed by atoms with van der Waals surface area (Å²) in [5.74, 6) is -0.856. The van der Waals surface area contributed by atoms with Gasteiger partial charge in [-0.2, -0.15) is 0 Å². The minimum atomic E-state index is -0.636. The van der Waals surface area contributed by atoms with Gasteiger partial charge in [0.2, 0.25) is 0 Å². The molecule has 0 N–H and O–H groups in total. The molecule has 0 amide bonds. The van der Waals surface area contributed by atoms with E-state index in [1.165, 1.54) is 6.20 Å². The number of nitrogens with zero attached hydrogens (tertiary/aromatic N) is 1. The van der Waals surface area contributed by atoms with Crippen LogP contribution in [0, 0.1) is 5.92 Å². The quantitative estimate of drug-likeness (QED) is 0.531. The van der Waals surface area contributed by atoms with Crippen molar-refractivity contribution in [3.63, 3.8) is 0 Å². The van der Waals surface area contributed by atoms with Crippen LogP contribution in [-0.2, 0) is 9.53 Å².